The lowest BCUT2D eigenvalue weighted by Gasteiger charge is -2.29. The second-order valence-corrected chi connectivity index (χ2v) is 11.5. The zero-order valence-electron chi connectivity index (χ0n) is 22.3. The van der Waals surface area contributed by atoms with Gasteiger partial charge in [0.1, 0.15) is 11.8 Å². The minimum absolute atomic E-state index is 0.0401. The summed E-state index contributed by atoms with van der Waals surface area (Å²) in [7, 11) is -1.92. The van der Waals surface area contributed by atoms with Crippen LogP contribution in [0.5, 0.6) is 5.75 Å². The van der Waals surface area contributed by atoms with Crippen molar-refractivity contribution in [1.82, 2.24) is 14.9 Å². The van der Waals surface area contributed by atoms with Gasteiger partial charge in [-0.3, -0.25) is 9.59 Å². The van der Waals surface area contributed by atoms with Gasteiger partial charge in [0, 0.05) is 25.6 Å². The number of hydrogen-bond donors (Lipinski definition) is 2. The molecule has 1 atom stereocenters. The quantitative estimate of drug-likeness (QED) is 0.338. The topological polar surface area (TPSA) is 105 Å². The molecule has 1 fully saturated rings. The Morgan fingerprint density at radius 3 is 2.18 bits per heavy atom. The van der Waals surface area contributed by atoms with Crippen LogP contribution in [0.25, 0.3) is 0 Å². The van der Waals surface area contributed by atoms with Crippen LogP contribution in [0.1, 0.15) is 42.9 Å². The predicted octanol–water partition coefficient (Wildman–Crippen LogP) is 3.80. The Bertz CT molecular complexity index is 1360. The summed E-state index contributed by atoms with van der Waals surface area (Å²) in [4.78, 5) is 28.3. The van der Waals surface area contributed by atoms with Gasteiger partial charge in [-0.05, 0) is 67.1 Å². The van der Waals surface area contributed by atoms with E-state index in [1.807, 2.05) is 54.6 Å². The van der Waals surface area contributed by atoms with Gasteiger partial charge in [0.15, 0.2) is 0 Å². The Hall–Kier alpha value is -3.69. The SMILES string of the molecule is COc1ccc(CNC(=O)[C@@H](C)N(Cc2ccccc2)C(=O)CCc2ccc(S(=O)(=O)NC3CC3)cc2)cc1. The molecule has 0 radical (unpaired) electrons. The van der Waals surface area contributed by atoms with Crippen molar-refractivity contribution in [2.24, 2.45) is 0 Å². The van der Waals surface area contributed by atoms with Gasteiger partial charge in [0.25, 0.3) is 0 Å². The van der Waals surface area contributed by atoms with Crippen LogP contribution in [0.4, 0.5) is 0 Å². The average Bonchev–Trinajstić information content (AvgIpc) is 3.77. The minimum Gasteiger partial charge on any atom is -0.497 e. The van der Waals surface area contributed by atoms with Crippen molar-refractivity contribution in [1.29, 1.82) is 0 Å². The number of nitrogens with zero attached hydrogens (tertiary/aromatic N) is 1. The van der Waals surface area contributed by atoms with E-state index in [-0.39, 0.29) is 29.2 Å². The van der Waals surface area contributed by atoms with Crippen molar-refractivity contribution in [2.75, 3.05) is 7.11 Å². The lowest BCUT2D eigenvalue weighted by atomic mass is 10.1. The van der Waals surface area contributed by atoms with E-state index in [1.165, 1.54) is 0 Å². The second-order valence-electron chi connectivity index (χ2n) is 9.79. The highest BCUT2D eigenvalue weighted by molar-refractivity contribution is 7.89. The van der Waals surface area contributed by atoms with Crippen LogP contribution in [-0.2, 0) is 39.1 Å². The molecule has 39 heavy (non-hydrogen) atoms. The Morgan fingerprint density at radius 2 is 1.56 bits per heavy atom. The first-order chi connectivity index (χ1) is 18.7. The summed E-state index contributed by atoms with van der Waals surface area (Å²) in [6.45, 7) is 2.38. The van der Waals surface area contributed by atoms with Gasteiger partial charge in [0.05, 0.1) is 12.0 Å². The van der Waals surface area contributed by atoms with Crippen LogP contribution >= 0.6 is 0 Å². The number of sulfonamides is 1. The van der Waals surface area contributed by atoms with Gasteiger partial charge in [-0.2, -0.15) is 0 Å². The molecule has 3 aromatic rings. The van der Waals surface area contributed by atoms with Crippen LogP contribution in [0.2, 0.25) is 0 Å². The van der Waals surface area contributed by atoms with Crippen LogP contribution in [0.3, 0.4) is 0 Å². The molecule has 2 N–H and O–H groups in total. The van der Waals surface area contributed by atoms with Crippen LogP contribution < -0.4 is 14.8 Å². The number of ether oxygens (including phenoxy) is 1. The van der Waals surface area contributed by atoms with Gasteiger partial charge in [-0.25, -0.2) is 13.1 Å². The molecule has 3 aromatic carbocycles. The van der Waals surface area contributed by atoms with Crippen molar-refractivity contribution in [3.8, 4) is 5.75 Å². The number of carbonyl (C=O) groups excluding carboxylic acids is 2. The van der Waals surface area contributed by atoms with Gasteiger partial charge >= 0.3 is 0 Å². The fraction of sp³-hybridized carbons (Fsp3) is 0.333. The van der Waals surface area contributed by atoms with Gasteiger partial charge in [-0.15, -0.1) is 0 Å². The Morgan fingerprint density at radius 1 is 0.923 bits per heavy atom. The molecule has 0 bridgehead atoms. The van der Waals surface area contributed by atoms with E-state index in [1.54, 1.807) is 43.2 Å². The Labute approximate surface area is 230 Å². The molecule has 1 saturated carbocycles. The van der Waals surface area contributed by atoms with Crippen molar-refractivity contribution >= 4 is 21.8 Å². The van der Waals surface area contributed by atoms with Crippen molar-refractivity contribution in [3.63, 3.8) is 0 Å². The highest BCUT2D eigenvalue weighted by Gasteiger charge is 2.28. The largest absolute Gasteiger partial charge is 0.497 e. The molecule has 0 aliphatic heterocycles. The fourth-order valence-electron chi connectivity index (χ4n) is 4.16. The number of nitrogens with one attached hydrogen (secondary N) is 2. The van der Waals surface area contributed by atoms with E-state index in [0.29, 0.717) is 19.5 Å². The van der Waals surface area contributed by atoms with E-state index >= 15 is 0 Å². The van der Waals surface area contributed by atoms with Gasteiger partial charge in [-0.1, -0.05) is 54.6 Å². The number of methoxy groups -OCH3 is 1. The summed E-state index contributed by atoms with van der Waals surface area (Å²) in [5.74, 6) is 0.343. The standard InChI is InChI=1S/C30H35N3O5S/c1-22(30(35)31-20-24-8-15-27(38-2)16-9-24)33(21-25-6-4-3-5-7-25)29(34)19-12-23-10-17-28(18-11-23)39(36,37)32-26-13-14-26/h3-11,15-18,22,26,32H,12-14,19-21H2,1-2H3,(H,31,35)/t22-/m1/s1. The molecule has 8 nitrogen and oxygen atoms in total. The summed E-state index contributed by atoms with van der Waals surface area (Å²) in [6.07, 6.45) is 2.36. The molecular formula is C30H35N3O5S. The van der Waals surface area contributed by atoms with E-state index in [0.717, 1.165) is 35.3 Å². The molecule has 1 aliphatic rings. The number of benzene rings is 3. The summed E-state index contributed by atoms with van der Waals surface area (Å²) in [5.41, 5.74) is 2.71. The molecule has 1 aliphatic carbocycles. The lowest BCUT2D eigenvalue weighted by molar-refractivity contribution is -0.140. The molecule has 0 heterocycles. The number of amides is 2. The molecule has 0 aromatic heterocycles. The molecule has 206 valence electrons. The van der Waals surface area contributed by atoms with E-state index in [9.17, 15) is 18.0 Å². The van der Waals surface area contributed by atoms with Crippen molar-refractivity contribution in [3.05, 3.63) is 95.6 Å². The third-order valence-corrected chi connectivity index (χ3v) is 8.29. The maximum atomic E-state index is 13.4. The van der Waals surface area contributed by atoms with E-state index < -0.39 is 16.1 Å². The zero-order valence-corrected chi connectivity index (χ0v) is 23.1. The first kappa shape index (κ1) is 28.3. The van der Waals surface area contributed by atoms with E-state index in [4.69, 9.17) is 4.74 Å². The smallest absolute Gasteiger partial charge is 0.242 e. The average molecular weight is 550 g/mol. The number of rotatable bonds is 13. The maximum absolute atomic E-state index is 13.4. The van der Waals surface area contributed by atoms with Crippen LogP contribution in [0, 0.1) is 0 Å². The monoisotopic (exact) mass is 549 g/mol. The molecule has 0 unspecified atom stereocenters. The predicted molar refractivity (Wildman–Crippen MR) is 149 cm³/mol. The van der Waals surface area contributed by atoms with Gasteiger partial charge < -0.3 is 15.0 Å². The van der Waals surface area contributed by atoms with Crippen molar-refractivity contribution in [2.45, 2.75) is 62.7 Å². The first-order valence-electron chi connectivity index (χ1n) is 13.1. The second kappa shape index (κ2) is 12.9. The lowest BCUT2D eigenvalue weighted by Crippen LogP contribution is -2.47. The molecule has 2 amide bonds. The molecular weight excluding hydrogens is 514 g/mol. The third kappa shape index (κ3) is 8.15. The molecule has 9 heteroatoms. The normalized spacial score (nSPS) is 13.9. The third-order valence-electron chi connectivity index (χ3n) is 6.75. The van der Waals surface area contributed by atoms with E-state index in [2.05, 4.69) is 10.0 Å². The van der Waals surface area contributed by atoms with Crippen LogP contribution in [0.15, 0.2) is 83.8 Å². The molecule has 0 saturated heterocycles. The summed E-state index contributed by atoms with van der Waals surface area (Å²) < 4.78 is 32.7. The van der Waals surface area contributed by atoms with Crippen molar-refractivity contribution < 1.29 is 22.7 Å². The maximum Gasteiger partial charge on any atom is 0.242 e. The summed E-state index contributed by atoms with van der Waals surface area (Å²) in [6, 6.07) is 23.0. The zero-order chi connectivity index (χ0) is 27.8. The first-order valence-corrected chi connectivity index (χ1v) is 14.6. The van der Waals surface area contributed by atoms with Crippen LogP contribution in [-0.4, -0.2) is 44.3 Å². The summed E-state index contributed by atoms with van der Waals surface area (Å²) in [5, 5.41) is 2.93. The molecule has 0 spiro atoms. The Balaban J connectivity index is 1.39. The minimum atomic E-state index is -3.52. The highest BCUT2D eigenvalue weighted by Crippen LogP contribution is 2.22. The fourth-order valence-corrected chi connectivity index (χ4v) is 5.47. The summed E-state index contributed by atoms with van der Waals surface area (Å²) >= 11 is 0. The Kier molecular flexibility index (Phi) is 9.37. The van der Waals surface area contributed by atoms with Gasteiger partial charge in [0.2, 0.25) is 21.8 Å². The molecule has 4 rings (SSSR count). The highest BCUT2D eigenvalue weighted by atomic mass is 32.2. The number of aryl methyl sites for hydroxylation is 1. The number of carbonyl (C=O) groups is 2. The number of hydrogen-bond acceptors (Lipinski definition) is 5.